The molecule has 0 aliphatic carbocycles. The molecular weight excluding hydrogens is 186 g/mol. The predicted octanol–water partition coefficient (Wildman–Crippen LogP) is 2.40. The Hall–Kier alpha value is 0.865. The third-order valence-electron chi connectivity index (χ3n) is 0.218. The molecule has 0 unspecified atom stereocenters. The fourth-order valence-electron chi connectivity index (χ4n) is 0.0550. The van der Waals surface area contributed by atoms with Crippen LogP contribution in [0.5, 0.6) is 0 Å². The van der Waals surface area contributed by atoms with Crippen LogP contribution < -0.4 is 0 Å². The zero-order valence-electron chi connectivity index (χ0n) is 2.87. The van der Waals surface area contributed by atoms with Gasteiger partial charge in [-0.1, -0.05) is 21.9 Å². The minimum absolute atomic E-state index is 0.385. The van der Waals surface area contributed by atoms with E-state index >= 15 is 0 Å². The van der Waals surface area contributed by atoms with Gasteiger partial charge < -0.3 is 0 Å². The van der Waals surface area contributed by atoms with Crippen molar-refractivity contribution >= 4 is 44.4 Å². The first kappa shape index (κ1) is 6.86. The van der Waals surface area contributed by atoms with Crippen LogP contribution in [0.4, 0.5) is 0 Å². The Morgan fingerprint density at radius 2 is 2.00 bits per heavy atom. The first-order valence-corrected chi connectivity index (χ1v) is 3.11. The molecule has 0 aromatic rings. The van der Waals surface area contributed by atoms with E-state index in [1.54, 1.807) is 11.0 Å². The third-order valence-corrected chi connectivity index (χ3v) is 0.814. The molecule has 0 saturated carbocycles. The van der Waals surface area contributed by atoms with Gasteiger partial charge in [0.05, 0.1) is 0 Å². The molecule has 6 heavy (non-hydrogen) atoms. The molecule has 0 heterocycles. The van der Waals surface area contributed by atoms with Crippen molar-refractivity contribution in [2.24, 2.45) is 0 Å². The second kappa shape index (κ2) is 4.04. The SMILES string of the molecule is ClB(Cl)/C=C/Br. The summed E-state index contributed by atoms with van der Waals surface area (Å²) in [5.74, 6) is 1.61. The zero-order valence-corrected chi connectivity index (χ0v) is 5.96. The molecule has 0 saturated heterocycles. The lowest BCUT2D eigenvalue weighted by Crippen LogP contribution is -1.80. The van der Waals surface area contributed by atoms with Crippen LogP contribution in [0, 0.1) is 0 Å². The molecule has 0 aliphatic rings. The minimum atomic E-state index is -0.385. The van der Waals surface area contributed by atoms with Crippen LogP contribution in [0.2, 0.25) is 0 Å². The summed E-state index contributed by atoms with van der Waals surface area (Å²) in [5.41, 5.74) is -0.385. The Morgan fingerprint density at radius 1 is 1.50 bits per heavy atom. The summed E-state index contributed by atoms with van der Waals surface area (Å²) < 4.78 is 0. The van der Waals surface area contributed by atoms with Crippen molar-refractivity contribution in [3.63, 3.8) is 0 Å². The summed E-state index contributed by atoms with van der Waals surface area (Å²) in [4.78, 5) is 1.62. The lowest BCUT2D eigenvalue weighted by atomic mass is 10.1. The van der Waals surface area contributed by atoms with Crippen LogP contribution in [-0.4, -0.2) is 5.54 Å². The highest BCUT2D eigenvalue weighted by atomic mass is 79.9. The van der Waals surface area contributed by atoms with Crippen LogP contribution in [0.25, 0.3) is 0 Å². The number of hydrogen-bond donors (Lipinski definition) is 0. The molecule has 34 valence electrons. The molecule has 0 amide bonds. The van der Waals surface area contributed by atoms with Gasteiger partial charge in [-0.2, -0.15) is 22.9 Å². The Bertz CT molecular complexity index is 53.5. The topological polar surface area (TPSA) is 0 Å². The van der Waals surface area contributed by atoms with Gasteiger partial charge in [0.2, 0.25) is 0 Å². The van der Waals surface area contributed by atoms with Gasteiger partial charge in [-0.15, -0.1) is 0 Å². The average molecular weight is 188 g/mol. The molecule has 0 radical (unpaired) electrons. The van der Waals surface area contributed by atoms with Crippen molar-refractivity contribution < 1.29 is 0 Å². The first-order chi connectivity index (χ1) is 2.77. The fourth-order valence-corrected chi connectivity index (χ4v) is 0.857. The monoisotopic (exact) mass is 186 g/mol. The molecule has 0 aliphatic heterocycles. The molecule has 0 atom stereocenters. The standard InChI is InChI=1S/C2H2BBrCl2/c4-2-1-3(5)6/h1-2H/b2-1+. The summed E-state index contributed by atoms with van der Waals surface area (Å²) in [5, 5.41) is 0. The molecule has 0 aromatic heterocycles. The largest absolute Gasteiger partial charge is 0.376 e. The summed E-state index contributed by atoms with van der Waals surface area (Å²) >= 11 is 13.5. The van der Waals surface area contributed by atoms with Crippen LogP contribution in [-0.2, 0) is 0 Å². The highest BCUT2D eigenvalue weighted by molar-refractivity contribution is 9.11. The first-order valence-electron chi connectivity index (χ1n) is 1.32. The van der Waals surface area contributed by atoms with Crippen molar-refractivity contribution in [2.75, 3.05) is 0 Å². The van der Waals surface area contributed by atoms with E-state index in [-0.39, 0.29) is 5.54 Å². The molecule has 0 rings (SSSR count). The van der Waals surface area contributed by atoms with E-state index in [0.29, 0.717) is 0 Å². The van der Waals surface area contributed by atoms with Gasteiger partial charge in [0.25, 0.3) is 0 Å². The lowest BCUT2D eigenvalue weighted by Gasteiger charge is -1.73. The van der Waals surface area contributed by atoms with Crippen molar-refractivity contribution in [3.8, 4) is 0 Å². The normalized spacial score (nSPS) is 9.83. The van der Waals surface area contributed by atoms with E-state index in [1.807, 2.05) is 0 Å². The average Bonchev–Trinajstić information content (AvgIpc) is 1.35. The molecule has 0 aromatic carbocycles. The third kappa shape index (κ3) is 4.86. The quantitative estimate of drug-likeness (QED) is 0.553. The lowest BCUT2D eigenvalue weighted by molar-refractivity contribution is 2.53. The number of hydrogen-bond acceptors (Lipinski definition) is 0. The summed E-state index contributed by atoms with van der Waals surface area (Å²) in [7, 11) is 0. The van der Waals surface area contributed by atoms with Gasteiger partial charge in [-0.25, -0.2) is 0 Å². The second-order valence-electron chi connectivity index (χ2n) is 0.653. The van der Waals surface area contributed by atoms with Gasteiger partial charge in [0, 0.05) is 0 Å². The van der Waals surface area contributed by atoms with E-state index in [2.05, 4.69) is 15.9 Å². The van der Waals surface area contributed by atoms with Gasteiger partial charge in [0.15, 0.2) is 0 Å². The predicted molar refractivity (Wildman–Crippen MR) is 35.5 cm³/mol. The summed E-state index contributed by atoms with van der Waals surface area (Å²) in [6.07, 6.45) is 0. The molecule has 0 bridgehead atoms. The Morgan fingerprint density at radius 3 is 2.00 bits per heavy atom. The smallest absolute Gasteiger partial charge is 0.165 e. The van der Waals surface area contributed by atoms with Crippen LogP contribution in [0.1, 0.15) is 0 Å². The van der Waals surface area contributed by atoms with Crippen molar-refractivity contribution in [1.82, 2.24) is 0 Å². The second-order valence-corrected chi connectivity index (χ2v) is 2.35. The van der Waals surface area contributed by atoms with Gasteiger partial charge >= 0.3 is 5.54 Å². The Labute approximate surface area is 55.5 Å². The maximum absolute atomic E-state index is 5.23. The van der Waals surface area contributed by atoms with Gasteiger partial charge in [0.1, 0.15) is 0 Å². The summed E-state index contributed by atoms with van der Waals surface area (Å²) in [6.45, 7) is 0. The highest BCUT2D eigenvalue weighted by Crippen LogP contribution is 1.97. The molecule has 0 fully saturated rings. The van der Waals surface area contributed by atoms with Gasteiger partial charge in [-0.3, -0.25) is 0 Å². The van der Waals surface area contributed by atoms with E-state index < -0.39 is 0 Å². The summed E-state index contributed by atoms with van der Waals surface area (Å²) in [6, 6.07) is 0. The van der Waals surface area contributed by atoms with Crippen molar-refractivity contribution in [2.45, 2.75) is 0 Å². The molecule has 0 nitrogen and oxygen atoms in total. The van der Waals surface area contributed by atoms with Crippen molar-refractivity contribution in [1.29, 1.82) is 0 Å². The number of rotatable bonds is 1. The van der Waals surface area contributed by atoms with Gasteiger partial charge in [-0.05, 0) is 4.99 Å². The van der Waals surface area contributed by atoms with Crippen molar-refractivity contribution in [3.05, 3.63) is 11.0 Å². The zero-order chi connectivity index (χ0) is 4.99. The molecule has 0 spiro atoms. The van der Waals surface area contributed by atoms with E-state index in [9.17, 15) is 0 Å². The van der Waals surface area contributed by atoms with E-state index in [1.165, 1.54) is 0 Å². The Kier molecular flexibility index (Phi) is 4.62. The maximum atomic E-state index is 5.23. The molecule has 0 N–H and O–H groups in total. The van der Waals surface area contributed by atoms with E-state index in [4.69, 9.17) is 22.9 Å². The van der Waals surface area contributed by atoms with Crippen LogP contribution in [0.3, 0.4) is 0 Å². The minimum Gasteiger partial charge on any atom is -0.165 e. The molecular formula is C2H2BBrCl2. The van der Waals surface area contributed by atoms with Crippen LogP contribution in [0.15, 0.2) is 11.0 Å². The maximum Gasteiger partial charge on any atom is 0.376 e. The van der Waals surface area contributed by atoms with E-state index in [0.717, 1.165) is 0 Å². The number of halogens is 3. The van der Waals surface area contributed by atoms with Crippen LogP contribution >= 0.6 is 38.9 Å². The molecule has 4 heteroatoms. The fraction of sp³-hybridized carbons (Fsp3) is 0. The Balaban J connectivity index is 3.03. The highest BCUT2D eigenvalue weighted by Gasteiger charge is 1.93.